The molecular weight excluding hydrogens is 350 g/mol. The normalized spacial score (nSPS) is 16.8. The lowest BCUT2D eigenvalue weighted by Gasteiger charge is -2.12. The van der Waals surface area contributed by atoms with E-state index < -0.39 is 26.1 Å². The minimum atomic E-state index is -3.69. The topological polar surface area (TPSA) is 118 Å². The van der Waals surface area contributed by atoms with Gasteiger partial charge in [0.25, 0.3) is 0 Å². The fourth-order valence-corrected chi connectivity index (χ4v) is 4.23. The van der Waals surface area contributed by atoms with Crippen molar-refractivity contribution in [1.82, 2.24) is 9.44 Å². The summed E-state index contributed by atoms with van der Waals surface area (Å²) in [6, 6.07) is 4.72. The van der Waals surface area contributed by atoms with E-state index in [0.29, 0.717) is 0 Å². The Bertz CT molecular complexity index is 700. The lowest BCUT2D eigenvalue weighted by Crippen LogP contribution is -2.37. The van der Waals surface area contributed by atoms with Gasteiger partial charge in [-0.25, -0.2) is 26.3 Å². The number of rotatable bonds is 7. The van der Waals surface area contributed by atoms with Gasteiger partial charge in [-0.3, -0.25) is 0 Å². The van der Waals surface area contributed by atoms with Crippen molar-refractivity contribution in [2.24, 2.45) is 5.73 Å². The Morgan fingerprint density at radius 3 is 1.95 bits per heavy atom. The van der Waals surface area contributed by atoms with Crippen LogP contribution in [0.1, 0.15) is 19.8 Å². The van der Waals surface area contributed by atoms with Crippen LogP contribution in [0.15, 0.2) is 34.1 Å². The Hall–Kier alpha value is -0.710. The van der Waals surface area contributed by atoms with Gasteiger partial charge in [-0.15, -0.1) is 12.4 Å². The Balaban J connectivity index is 0.00000242. The molecule has 1 fully saturated rings. The van der Waals surface area contributed by atoms with Crippen LogP contribution in [0.5, 0.6) is 0 Å². The van der Waals surface area contributed by atoms with E-state index in [-0.39, 0.29) is 34.8 Å². The van der Waals surface area contributed by atoms with E-state index in [2.05, 4.69) is 9.44 Å². The molecule has 0 bridgehead atoms. The minimum Gasteiger partial charge on any atom is -0.329 e. The van der Waals surface area contributed by atoms with Gasteiger partial charge in [0.05, 0.1) is 9.79 Å². The molecule has 0 heterocycles. The van der Waals surface area contributed by atoms with Crippen molar-refractivity contribution in [2.45, 2.75) is 41.6 Å². The van der Waals surface area contributed by atoms with Crippen LogP contribution in [0, 0.1) is 0 Å². The molecule has 7 nitrogen and oxygen atoms in total. The predicted octanol–water partition coefficient (Wildman–Crippen LogP) is 0.175. The molecule has 2 rings (SSSR count). The van der Waals surface area contributed by atoms with E-state index in [1.807, 2.05) is 0 Å². The second-order valence-corrected chi connectivity index (χ2v) is 8.55. The molecule has 22 heavy (non-hydrogen) atoms. The van der Waals surface area contributed by atoms with Gasteiger partial charge in [0.2, 0.25) is 20.0 Å². The summed E-state index contributed by atoms with van der Waals surface area (Å²) in [5, 5.41) is 0. The molecule has 1 saturated carbocycles. The number of halogens is 1. The van der Waals surface area contributed by atoms with Gasteiger partial charge in [-0.1, -0.05) is 0 Å². The summed E-state index contributed by atoms with van der Waals surface area (Å²) in [6.45, 7) is 1.83. The van der Waals surface area contributed by atoms with E-state index in [1.54, 1.807) is 6.92 Å². The average Bonchev–Trinajstić information content (AvgIpc) is 3.21. The van der Waals surface area contributed by atoms with Crippen molar-refractivity contribution < 1.29 is 16.8 Å². The zero-order valence-electron chi connectivity index (χ0n) is 12.0. The minimum absolute atomic E-state index is 0. The Morgan fingerprint density at radius 1 is 1.09 bits per heavy atom. The molecule has 0 amide bonds. The molecule has 0 aromatic heterocycles. The third-order valence-corrected chi connectivity index (χ3v) is 6.20. The number of benzene rings is 1. The molecule has 0 radical (unpaired) electrons. The van der Waals surface area contributed by atoms with Crippen LogP contribution in [-0.4, -0.2) is 35.5 Å². The summed E-state index contributed by atoms with van der Waals surface area (Å²) in [4.78, 5) is 0.0633. The first kappa shape index (κ1) is 19.3. The zero-order chi connectivity index (χ0) is 15.7. The largest absolute Gasteiger partial charge is 0.329 e. The molecule has 1 aliphatic rings. The molecule has 0 unspecified atom stereocenters. The molecule has 0 aliphatic heterocycles. The van der Waals surface area contributed by atoms with Crippen LogP contribution >= 0.6 is 12.4 Å². The second kappa shape index (κ2) is 7.24. The smallest absolute Gasteiger partial charge is 0.240 e. The quantitative estimate of drug-likeness (QED) is 0.633. The fraction of sp³-hybridized carbons (Fsp3) is 0.500. The van der Waals surface area contributed by atoms with Crippen molar-refractivity contribution >= 4 is 32.5 Å². The standard InChI is InChI=1S/C12H19N3O4S2.ClH/c1-9(8-13)14-20(16,17)11-4-6-12(7-5-11)21(18,19)15-10-2-3-10;/h4-7,9-10,14-15H,2-3,8,13H2,1H3;1H/t9-;/m0./s1. The summed E-state index contributed by atoms with van der Waals surface area (Å²) in [5.74, 6) is 0. The van der Waals surface area contributed by atoms with Crippen LogP contribution < -0.4 is 15.2 Å². The summed E-state index contributed by atoms with van der Waals surface area (Å²) in [5.41, 5.74) is 5.38. The highest BCUT2D eigenvalue weighted by Crippen LogP contribution is 2.22. The highest BCUT2D eigenvalue weighted by Gasteiger charge is 2.28. The van der Waals surface area contributed by atoms with Gasteiger partial charge < -0.3 is 5.73 Å². The van der Waals surface area contributed by atoms with Crippen molar-refractivity contribution in [2.75, 3.05) is 6.54 Å². The SMILES string of the molecule is C[C@@H](CN)NS(=O)(=O)c1ccc(S(=O)(=O)NC2CC2)cc1.Cl. The number of hydrogen-bond donors (Lipinski definition) is 3. The van der Waals surface area contributed by atoms with Crippen LogP contribution in [-0.2, 0) is 20.0 Å². The maximum Gasteiger partial charge on any atom is 0.240 e. The highest BCUT2D eigenvalue weighted by molar-refractivity contribution is 7.90. The van der Waals surface area contributed by atoms with Crippen molar-refractivity contribution in [1.29, 1.82) is 0 Å². The van der Waals surface area contributed by atoms with E-state index in [9.17, 15) is 16.8 Å². The van der Waals surface area contributed by atoms with Gasteiger partial charge >= 0.3 is 0 Å². The van der Waals surface area contributed by atoms with Crippen LogP contribution in [0.3, 0.4) is 0 Å². The second-order valence-electron chi connectivity index (χ2n) is 5.13. The number of nitrogens with one attached hydrogen (secondary N) is 2. The molecular formula is C12H20ClN3O4S2. The van der Waals surface area contributed by atoms with E-state index in [1.165, 1.54) is 24.3 Å². The Kier molecular flexibility index (Phi) is 6.36. The zero-order valence-corrected chi connectivity index (χ0v) is 14.5. The lowest BCUT2D eigenvalue weighted by atomic mass is 10.4. The number of sulfonamides is 2. The van der Waals surface area contributed by atoms with Gasteiger partial charge in [-0.05, 0) is 44.0 Å². The van der Waals surface area contributed by atoms with E-state index in [4.69, 9.17) is 5.73 Å². The van der Waals surface area contributed by atoms with Crippen LogP contribution in [0.25, 0.3) is 0 Å². The third kappa shape index (κ3) is 4.90. The lowest BCUT2D eigenvalue weighted by molar-refractivity contribution is 0.562. The van der Waals surface area contributed by atoms with Crippen molar-refractivity contribution in [3.05, 3.63) is 24.3 Å². The monoisotopic (exact) mass is 369 g/mol. The molecule has 0 saturated heterocycles. The predicted molar refractivity (Wildman–Crippen MR) is 85.9 cm³/mol. The summed E-state index contributed by atoms with van der Waals surface area (Å²) in [6.07, 6.45) is 1.68. The van der Waals surface area contributed by atoms with Crippen molar-refractivity contribution in [3.63, 3.8) is 0 Å². The van der Waals surface area contributed by atoms with Gasteiger partial charge in [0, 0.05) is 18.6 Å². The maximum atomic E-state index is 12.0. The van der Waals surface area contributed by atoms with Gasteiger partial charge in [-0.2, -0.15) is 0 Å². The van der Waals surface area contributed by atoms with Gasteiger partial charge in [0.15, 0.2) is 0 Å². The number of nitrogens with two attached hydrogens (primary N) is 1. The van der Waals surface area contributed by atoms with E-state index in [0.717, 1.165) is 12.8 Å². The summed E-state index contributed by atoms with van der Waals surface area (Å²) in [7, 11) is -7.26. The summed E-state index contributed by atoms with van der Waals surface area (Å²) >= 11 is 0. The molecule has 1 atom stereocenters. The molecule has 10 heteroatoms. The van der Waals surface area contributed by atoms with Crippen LogP contribution in [0.2, 0.25) is 0 Å². The first-order chi connectivity index (χ1) is 9.74. The average molecular weight is 370 g/mol. The van der Waals surface area contributed by atoms with Gasteiger partial charge in [0.1, 0.15) is 0 Å². The Morgan fingerprint density at radius 2 is 1.55 bits per heavy atom. The molecule has 0 spiro atoms. The Labute approximate surface area is 137 Å². The van der Waals surface area contributed by atoms with Crippen molar-refractivity contribution in [3.8, 4) is 0 Å². The fourth-order valence-electron chi connectivity index (χ4n) is 1.67. The molecule has 4 N–H and O–H groups in total. The first-order valence-electron chi connectivity index (χ1n) is 6.59. The third-order valence-electron chi connectivity index (χ3n) is 3.05. The molecule has 1 aromatic carbocycles. The first-order valence-corrected chi connectivity index (χ1v) is 9.56. The molecule has 1 aliphatic carbocycles. The molecule has 1 aromatic rings. The van der Waals surface area contributed by atoms with E-state index >= 15 is 0 Å². The number of hydrogen-bond acceptors (Lipinski definition) is 5. The maximum absolute atomic E-state index is 12.0. The summed E-state index contributed by atoms with van der Waals surface area (Å²) < 4.78 is 52.9. The molecule has 126 valence electrons. The van der Waals surface area contributed by atoms with Crippen LogP contribution in [0.4, 0.5) is 0 Å². The highest BCUT2D eigenvalue weighted by atomic mass is 35.5.